The molecular formula is C18H16F2N2O2S. The van der Waals surface area contributed by atoms with Gasteiger partial charge in [0.1, 0.15) is 0 Å². The standard InChI is InChI=1S/C18H16F2N2O2S/c19-15-7-6-14(10-16(15)20)25-12-17(23)22-9-8-21(18(22)24)11-13-4-2-1-3-5-13/h1-7,10H,8-9,11-12H2. The lowest BCUT2D eigenvalue weighted by Crippen LogP contribution is -2.37. The van der Waals surface area contributed by atoms with Gasteiger partial charge in [-0.3, -0.25) is 9.69 Å². The van der Waals surface area contributed by atoms with Gasteiger partial charge in [0.2, 0.25) is 5.91 Å². The number of carbonyl (C=O) groups is 2. The number of hydrogen-bond donors (Lipinski definition) is 0. The van der Waals surface area contributed by atoms with Crippen LogP contribution >= 0.6 is 11.8 Å². The van der Waals surface area contributed by atoms with Crippen LogP contribution < -0.4 is 0 Å². The summed E-state index contributed by atoms with van der Waals surface area (Å²) in [5.74, 6) is -2.23. The molecule has 1 aliphatic rings. The predicted octanol–water partition coefficient (Wildman–Crippen LogP) is 3.52. The summed E-state index contributed by atoms with van der Waals surface area (Å²) in [5.41, 5.74) is 1.00. The summed E-state index contributed by atoms with van der Waals surface area (Å²) >= 11 is 1.08. The summed E-state index contributed by atoms with van der Waals surface area (Å²) in [6.07, 6.45) is 0. The van der Waals surface area contributed by atoms with Crippen molar-refractivity contribution in [1.82, 2.24) is 9.80 Å². The van der Waals surface area contributed by atoms with E-state index in [9.17, 15) is 18.4 Å². The van der Waals surface area contributed by atoms with Crippen LogP contribution in [0.25, 0.3) is 0 Å². The third kappa shape index (κ3) is 4.17. The molecule has 1 fully saturated rings. The van der Waals surface area contributed by atoms with Crippen molar-refractivity contribution in [3.63, 3.8) is 0 Å². The maximum absolute atomic E-state index is 13.2. The van der Waals surface area contributed by atoms with E-state index < -0.39 is 11.6 Å². The molecule has 0 saturated carbocycles. The topological polar surface area (TPSA) is 40.6 Å². The molecule has 1 aliphatic heterocycles. The molecule has 2 aromatic carbocycles. The van der Waals surface area contributed by atoms with Gasteiger partial charge >= 0.3 is 6.03 Å². The number of nitrogens with zero attached hydrogens (tertiary/aromatic N) is 2. The van der Waals surface area contributed by atoms with Gasteiger partial charge in [-0.2, -0.15) is 0 Å². The van der Waals surface area contributed by atoms with Crippen molar-refractivity contribution < 1.29 is 18.4 Å². The minimum Gasteiger partial charge on any atom is -0.318 e. The predicted molar refractivity (Wildman–Crippen MR) is 91.0 cm³/mol. The highest BCUT2D eigenvalue weighted by Gasteiger charge is 2.32. The second kappa shape index (κ2) is 7.65. The van der Waals surface area contributed by atoms with Gasteiger partial charge in [-0.15, -0.1) is 11.8 Å². The Hall–Kier alpha value is -2.41. The lowest BCUT2D eigenvalue weighted by Gasteiger charge is -2.17. The van der Waals surface area contributed by atoms with Crippen LogP contribution in [0.15, 0.2) is 53.4 Å². The summed E-state index contributed by atoms with van der Waals surface area (Å²) in [5, 5.41) is 0. The number of carbonyl (C=O) groups excluding carboxylic acids is 2. The molecule has 3 amide bonds. The van der Waals surface area contributed by atoms with Crippen LogP contribution in [0.3, 0.4) is 0 Å². The smallest absolute Gasteiger partial charge is 0.318 e. The number of halogens is 2. The van der Waals surface area contributed by atoms with E-state index in [2.05, 4.69) is 0 Å². The van der Waals surface area contributed by atoms with Crippen LogP contribution in [0.5, 0.6) is 0 Å². The fraction of sp³-hybridized carbons (Fsp3) is 0.222. The molecular weight excluding hydrogens is 346 g/mol. The minimum atomic E-state index is -0.955. The Morgan fingerprint density at radius 1 is 1.04 bits per heavy atom. The second-order valence-electron chi connectivity index (χ2n) is 5.60. The Morgan fingerprint density at radius 3 is 2.52 bits per heavy atom. The SMILES string of the molecule is O=C(CSc1ccc(F)c(F)c1)N1CCN(Cc2ccccc2)C1=O. The van der Waals surface area contributed by atoms with E-state index in [0.29, 0.717) is 24.5 Å². The van der Waals surface area contributed by atoms with Crippen molar-refractivity contribution in [3.05, 3.63) is 65.7 Å². The number of benzene rings is 2. The van der Waals surface area contributed by atoms with Gasteiger partial charge in [-0.05, 0) is 23.8 Å². The maximum atomic E-state index is 13.2. The largest absolute Gasteiger partial charge is 0.327 e. The van der Waals surface area contributed by atoms with Crippen LogP contribution in [0.4, 0.5) is 13.6 Å². The van der Waals surface area contributed by atoms with E-state index in [-0.39, 0.29) is 17.7 Å². The van der Waals surface area contributed by atoms with E-state index in [4.69, 9.17) is 0 Å². The molecule has 2 aromatic rings. The molecule has 3 rings (SSSR count). The molecule has 0 aliphatic carbocycles. The van der Waals surface area contributed by atoms with Gasteiger partial charge < -0.3 is 4.90 Å². The Balaban J connectivity index is 1.56. The normalized spacial score (nSPS) is 14.2. The summed E-state index contributed by atoms with van der Waals surface area (Å²) in [7, 11) is 0. The Morgan fingerprint density at radius 2 is 1.80 bits per heavy atom. The van der Waals surface area contributed by atoms with E-state index >= 15 is 0 Å². The highest BCUT2D eigenvalue weighted by molar-refractivity contribution is 8.00. The Bertz CT molecular complexity index is 786. The van der Waals surface area contributed by atoms with E-state index in [1.54, 1.807) is 4.90 Å². The lowest BCUT2D eigenvalue weighted by molar-refractivity contribution is -0.124. The molecule has 0 spiro atoms. The van der Waals surface area contributed by atoms with Crippen LogP contribution in [-0.4, -0.2) is 40.6 Å². The van der Waals surface area contributed by atoms with E-state index in [1.165, 1.54) is 11.0 Å². The molecule has 4 nitrogen and oxygen atoms in total. The monoisotopic (exact) mass is 362 g/mol. The van der Waals surface area contributed by atoms with Crippen LogP contribution in [0.1, 0.15) is 5.56 Å². The fourth-order valence-electron chi connectivity index (χ4n) is 2.55. The zero-order valence-electron chi connectivity index (χ0n) is 13.3. The summed E-state index contributed by atoms with van der Waals surface area (Å²) in [4.78, 5) is 27.9. The Labute approximate surface area is 148 Å². The quantitative estimate of drug-likeness (QED) is 0.764. The summed E-state index contributed by atoms with van der Waals surface area (Å²) in [6.45, 7) is 1.28. The lowest BCUT2D eigenvalue weighted by atomic mass is 10.2. The van der Waals surface area contributed by atoms with Gasteiger partial charge in [0.25, 0.3) is 0 Å². The first-order chi connectivity index (χ1) is 12.0. The fourth-order valence-corrected chi connectivity index (χ4v) is 3.35. The highest BCUT2D eigenvalue weighted by Crippen LogP contribution is 2.22. The number of urea groups is 1. The number of imide groups is 1. The first-order valence-electron chi connectivity index (χ1n) is 7.75. The van der Waals surface area contributed by atoms with E-state index in [1.807, 2.05) is 30.3 Å². The maximum Gasteiger partial charge on any atom is 0.327 e. The molecule has 25 heavy (non-hydrogen) atoms. The molecule has 0 N–H and O–H groups in total. The molecule has 130 valence electrons. The zero-order chi connectivity index (χ0) is 17.8. The zero-order valence-corrected chi connectivity index (χ0v) is 14.1. The molecule has 0 unspecified atom stereocenters. The van der Waals surface area contributed by atoms with Crippen molar-refractivity contribution >= 4 is 23.7 Å². The first-order valence-corrected chi connectivity index (χ1v) is 8.74. The molecule has 1 heterocycles. The van der Waals surface area contributed by atoms with Crippen molar-refractivity contribution in [2.24, 2.45) is 0 Å². The number of amides is 3. The number of thioether (sulfide) groups is 1. The Kier molecular flexibility index (Phi) is 5.33. The highest BCUT2D eigenvalue weighted by atomic mass is 32.2. The summed E-state index contributed by atoms with van der Waals surface area (Å²) in [6, 6.07) is 12.7. The summed E-state index contributed by atoms with van der Waals surface area (Å²) < 4.78 is 26.1. The molecule has 0 atom stereocenters. The van der Waals surface area contributed by atoms with Gasteiger partial charge in [0.05, 0.1) is 5.75 Å². The van der Waals surface area contributed by atoms with Gasteiger partial charge in [-0.25, -0.2) is 13.6 Å². The van der Waals surface area contributed by atoms with Crippen molar-refractivity contribution in [1.29, 1.82) is 0 Å². The average Bonchev–Trinajstić information content (AvgIpc) is 2.97. The van der Waals surface area contributed by atoms with Crippen LogP contribution in [0.2, 0.25) is 0 Å². The third-order valence-electron chi connectivity index (χ3n) is 3.87. The molecule has 0 aromatic heterocycles. The third-order valence-corrected chi connectivity index (χ3v) is 4.84. The number of rotatable bonds is 5. The average molecular weight is 362 g/mol. The van der Waals surface area contributed by atoms with Crippen LogP contribution in [0, 0.1) is 11.6 Å². The molecule has 0 radical (unpaired) electrons. The molecule has 1 saturated heterocycles. The molecule has 0 bridgehead atoms. The minimum absolute atomic E-state index is 0.00398. The van der Waals surface area contributed by atoms with Crippen LogP contribution in [-0.2, 0) is 11.3 Å². The molecule has 7 heteroatoms. The first kappa shape index (κ1) is 17.4. The van der Waals surface area contributed by atoms with Crippen molar-refractivity contribution in [2.45, 2.75) is 11.4 Å². The van der Waals surface area contributed by atoms with Gasteiger partial charge in [0.15, 0.2) is 11.6 Å². The van der Waals surface area contributed by atoms with Crippen molar-refractivity contribution in [2.75, 3.05) is 18.8 Å². The second-order valence-corrected chi connectivity index (χ2v) is 6.65. The van der Waals surface area contributed by atoms with Crippen molar-refractivity contribution in [3.8, 4) is 0 Å². The number of hydrogen-bond acceptors (Lipinski definition) is 3. The van der Waals surface area contributed by atoms with E-state index in [0.717, 1.165) is 29.5 Å². The van der Waals surface area contributed by atoms with Gasteiger partial charge in [-0.1, -0.05) is 30.3 Å². The van der Waals surface area contributed by atoms with Gasteiger partial charge in [0, 0.05) is 24.5 Å².